The minimum atomic E-state index is -0.646. The molecule has 0 atom stereocenters. The fourth-order valence-electron chi connectivity index (χ4n) is 1.54. The summed E-state index contributed by atoms with van der Waals surface area (Å²) in [5.74, 6) is 0.597. The first-order valence-corrected chi connectivity index (χ1v) is 5.15. The van der Waals surface area contributed by atoms with Gasteiger partial charge in [0.15, 0.2) is 5.82 Å². The quantitative estimate of drug-likeness (QED) is 0.688. The van der Waals surface area contributed by atoms with Crippen molar-refractivity contribution in [2.75, 3.05) is 5.32 Å². The third-order valence-electron chi connectivity index (χ3n) is 2.42. The fourth-order valence-corrected chi connectivity index (χ4v) is 1.54. The zero-order valence-corrected chi connectivity index (χ0v) is 9.16. The second kappa shape index (κ2) is 3.84. The van der Waals surface area contributed by atoms with Crippen LogP contribution < -0.4 is 11.1 Å². The minimum Gasteiger partial charge on any atom is -0.363 e. The number of nitrogens with one attached hydrogen (secondary N) is 2. The molecule has 8 nitrogen and oxygen atoms in total. The molecule has 2 aromatic rings. The molecule has 1 amide bonds. The molecule has 0 radical (unpaired) electrons. The van der Waals surface area contributed by atoms with E-state index in [1.165, 1.54) is 0 Å². The highest BCUT2D eigenvalue weighted by atomic mass is 16.1. The third-order valence-corrected chi connectivity index (χ3v) is 2.42. The topological polar surface area (TPSA) is 115 Å². The molecular formula is C10H9N7O. The molecule has 0 bridgehead atoms. The van der Waals surface area contributed by atoms with Crippen molar-refractivity contribution in [3.8, 4) is 0 Å². The van der Waals surface area contributed by atoms with Gasteiger partial charge in [0.2, 0.25) is 5.82 Å². The molecule has 0 saturated heterocycles. The van der Waals surface area contributed by atoms with E-state index in [9.17, 15) is 4.79 Å². The smallest absolute Gasteiger partial charge is 0.286 e. The normalized spacial score (nSPS) is 13.4. The number of hydrogen-bond donors (Lipinski definition) is 3. The van der Waals surface area contributed by atoms with E-state index in [0.717, 1.165) is 5.82 Å². The minimum absolute atomic E-state index is 0.0290. The number of allylic oxidation sites excluding steroid dienone is 2. The van der Waals surface area contributed by atoms with Crippen LogP contribution >= 0.6 is 0 Å². The van der Waals surface area contributed by atoms with Crippen molar-refractivity contribution in [2.45, 2.75) is 0 Å². The van der Waals surface area contributed by atoms with E-state index in [2.05, 4.69) is 25.6 Å². The Balaban J connectivity index is 1.93. The van der Waals surface area contributed by atoms with Gasteiger partial charge in [-0.25, -0.2) is 9.67 Å². The van der Waals surface area contributed by atoms with Crippen molar-refractivity contribution in [3.63, 3.8) is 0 Å². The highest BCUT2D eigenvalue weighted by molar-refractivity contribution is 5.89. The van der Waals surface area contributed by atoms with Crippen molar-refractivity contribution in [2.24, 2.45) is 5.73 Å². The lowest BCUT2D eigenvalue weighted by Crippen LogP contribution is -2.12. The summed E-state index contributed by atoms with van der Waals surface area (Å²) < 4.78 is 1.67. The van der Waals surface area contributed by atoms with Gasteiger partial charge in [-0.1, -0.05) is 0 Å². The number of hydrogen-bond acceptors (Lipinski definition) is 5. The first-order valence-electron chi connectivity index (χ1n) is 5.15. The lowest BCUT2D eigenvalue weighted by Gasteiger charge is -1.97. The van der Waals surface area contributed by atoms with Crippen LogP contribution in [0.5, 0.6) is 0 Å². The number of aromatic nitrogens is 5. The Morgan fingerprint density at radius 1 is 1.44 bits per heavy atom. The number of aromatic amines is 1. The SMILES string of the molecule is NC(=O)c1nc(C2=CNc3ccnn3C=C2)n[nH]1. The number of carbonyl (C=O) groups is 1. The standard InChI is InChI=1S/C10H9N7O/c11-8(18)10-14-9(15-16-10)6-2-4-17-7(12-5-6)1-3-13-17/h1-5,12H,(H2,11,18)(H,14,15,16). The largest absolute Gasteiger partial charge is 0.363 e. The number of rotatable bonds is 2. The molecule has 1 aliphatic heterocycles. The Kier molecular flexibility index (Phi) is 2.19. The predicted molar refractivity (Wildman–Crippen MR) is 64.1 cm³/mol. The third kappa shape index (κ3) is 1.65. The van der Waals surface area contributed by atoms with Crippen LogP contribution in [-0.4, -0.2) is 30.9 Å². The maximum atomic E-state index is 10.9. The van der Waals surface area contributed by atoms with Crippen molar-refractivity contribution in [1.82, 2.24) is 25.0 Å². The van der Waals surface area contributed by atoms with Gasteiger partial charge in [0.25, 0.3) is 5.91 Å². The van der Waals surface area contributed by atoms with Crippen molar-refractivity contribution in [3.05, 3.63) is 36.2 Å². The molecule has 3 rings (SSSR count). The summed E-state index contributed by atoms with van der Waals surface area (Å²) in [6.07, 6.45) is 6.96. The Hall–Kier alpha value is -2.90. The van der Waals surface area contributed by atoms with Gasteiger partial charge in [-0.15, -0.1) is 0 Å². The number of primary amides is 1. The molecule has 4 N–H and O–H groups in total. The van der Waals surface area contributed by atoms with Gasteiger partial charge < -0.3 is 11.1 Å². The van der Waals surface area contributed by atoms with Crippen LogP contribution in [0.25, 0.3) is 11.8 Å². The Labute approximate surface area is 101 Å². The molecule has 1 aliphatic rings. The zero-order valence-electron chi connectivity index (χ0n) is 9.16. The Morgan fingerprint density at radius 3 is 3.11 bits per heavy atom. The molecule has 0 aliphatic carbocycles. The van der Waals surface area contributed by atoms with E-state index < -0.39 is 5.91 Å². The summed E-state index contributed by atoms with van der Waals surface area (Å²) >= 11 is 0. The van der Waals surface area contributed by atoms with E-state index >= 15 is 0 Å². The number of anilines is 1. The van der Waals surface area contributed by atoms with Gasteiger partial charge in [-0.05, 0) is 6.08 Å². The van der Waals surface area contributed by atoms with Crippen LogP contribution in [0.3, 0.4) is 0 Å². The van der Waals surface area contributed by atoms with Crippen molar-refractivity contribution >= 4 is 23.5 Å². The first-order chi connectivity index (χ1) is 8.74. The second-order valence-corrected chi connectivity index (χ2v) is 3.59. The lowest BCUT2D eigenvalue weighted by molar-refractivity contribution is 0.0991. The van der Waals surface area contributed by atoms with Crippen molar-refractivity contribution < 1.29 is 4.79 Å². The molecule has 0 spiro atoms. The number of H-pyrrole nitrogens is 1. The summed E-state index contributed by atoms with van der Waals surface area (Å²) in [4.78, 5) is 14.9. The summed E-state index contributed by atoms with van der Waals surface area (Å²) in [7, 11) is 0. The van der Waals surface area contributed by atoms with Crippen LogP contribution in [0.4, 0.5) is 5.82 Å². The molecule has 0 saturated carbocycles. The monoisotopic (exact) mass is 243 g/mol. The molecule has 3 heterocycles. The second-order valence-electron chi connectivity index (χ2n) is 3.59. The summed E-state index contributed by atoms with van der Waals surface area (Å²) in [6, 6.07) is 1.83. The number of nitrogens with two attached hydrogens (primary N) is 1. The van der Waals surface area contributed by atoms with E-state index in [0.29, 0.717) is 11.4 Å². The van der Waals surface area contributed by atoms with Crippen LogP contribution in [0.1, 0.15) is 16.4 Å². The highest BCUT2D eigenvalue weighted by Gasteiger charge is 2.12. The maximum absolute atomic E-state index is 10.9. The molecule has 0 unspecified atom stereocenters. The molecule has 8 heteroatoms. The van der Waals surface area contributed by atoms with Gasteiger partial charge in [-0.3, -0.25) is 9.89 Å². The van der Waals surface area contributed by atoms with Crippen molar-refractivity contribution in [1.29, 1.82) is 0 Å². The Bertz CT molecular complexity index is 663. The maximum Gasteiger partial charge on any atom is 0.286 e. The van der Waals surface area contributed by atoms with Gasteiger partial charge >= 0.3 is 0 Å². The highest BCUT2D eigenvalue weighted by Crippen LogP contribution is 2.17. The van der Waals surface area contributed by atoms with Gasteiger partial charge in [-0.2, -0.15) is 10.2 Å². The molecule has 2 aromatic heterocycles. The summed E-state index contributed by atoms with van der Waals surface area (Å²) in [5.41, 5.74) is 5.81. The van der Waals surface area contributed by atoms with Crippen LogP contribution in [0, 0.1) is 0 Å². The molecule has 0 aromatic carbocycles. The zero-order chi connectivity index (χ0) is 12.5. The molecule has 18 heavy (non-hydrogen) atoms. The van der Waals surface area contributed by atoms with Crippen LogP contribution in [0.15, 0.2) is 24.5 Å². The number of amides is 1. The Morgan fingerprint density at radius 2 is 2.33 bits per heavy atom. The van der Waals surface area contributed by atoms with E-state index in [1.54, 1.807) is 29.4 Å². The summed E-state index contributed by atoms with van der Waals surface area (Å²) in [5, 5.41) is 13.5. The molecule has 90 valence electrons. The first kappa shape index (κ1) is 10.3. The van der Waals surface area contributed by atoms with Crippen LogP contribution in [0.2, 0.25) is 0 Å². The van der Waals surface area contributed by atoms with Gasteiger partial charge in [0, 0.05) is 24.0 Å². The van der Waals surface area contributed by atoms with E-state index in [1.807, 2.05) is 6.07 Å². The number of carbonyl (C=O) groups excluding carboxylic acids is 1. The summed E-state index contributed by atoms with van der Waals surface area (Å²) in [6.45, 7) is 0. The lowest BCUT2D eigenvalue weighted by atomic mass is 10.2. The molecular weight excluding hydrogens is 234 g/mol. The van der Waals surface area contributed by atoms with E-state index in [4.69, 9.17) is 5.73 Å². The molecule has 0 fully saturated rings. The van der Waals surface area contributed by atoms with Gasteiger partial charge in [0.05, 0.1) is 6.20 Å². The van der Waals surface area contributed by atoms with Gasteiger partial charge in [0.1, 0.15) is 5.82 Å². The predicted octanol–water partition coefficient (Wildman–Crippen LogP) is 0.0374. The fraction of sp³-hybridized carbons (Fsp3) is 0. The van der Waals surface area contributed by atoms with Crippen LogP contribution in [-0.2, 0) is 0 Å². The number of fused-ring (bicyclic) bond motifs is 1. The average molecular weight is 243 g/mol. The average Bonchev–Trinajstić information content (AvgIpc) is 2.96. The number of nitrogens with zero attached hydrogens (tertiary/aromatic N) is 4. The van der Waals surface area contributed by atoms with E-state index in [-0.39, 0.29) is 5.82 Å².